The minimum Gasteiger partial charge on any atom is -0.481 e. The van der Waals surface area contributed by atoms with Crippen LogP contribution in [0.25, 0.3) is 0 Å². The van der Waals surface area contributed by atoms with Crippen molar-refractivity contribution in [1.29, 1.82) is 0 Å². The van der Waals surface area contributed by atoms with Gasteiger partial charge in [-0.2, -0.15) is 0 Å². The van der Waals surface area contributed by atoms with Crippen molar-refractivity contribution in [3.63, 3.8) is 0 Å². The van der Waals surface area contributed by atoms with Gasteiger partial charge in [-0.25, -0.2) is 4.79 Å². The van der Waals surface area contributed by atoms with Crippen LogP contribution in [0.15, 0.2) is 0 Å². The van der Waals surface area contributed by atoms with Crippen molar-refractivity contribution < 1.29 is 19.8 Å². The first-order valence-electron chi connectivity index (χ1n) is 6.96. The Bertz CT molecular complexity index is 361. The van der Waals surface area contributed by atoms with Crippen molar-refractivity contribution >= 4 is 12.0 Å². The Morgan fingerprint density at radius 3 is 2.63 bits per heavy atom. The van der Waals surface area contributed by atoms with E-state index in [1.54, 1.807) is 9.80 Å². The second kappa shape index (κ2) is 5.77. The first kappa shape index (κ1) is 14.1. The summed E-state index contributed by atoms with van der Waals surface area (Å²) in [6.45, 7) is 3.92. The molecule has 1 aliphatic carbocycles. The van der Waals surface area contributed by atoms with Gasteiger partial charge in [0.25, 0.3) is 0 Å². The molecular formula is C13H22N2O4. The van der Waals surface area contributed by atoms with E-state index in [1.165, 1.54) is 0 Å². The van der Waals surface area contributed by atoms with Gasteiger partial charge < -0.3 is 20.0 Å². The van der Waals surface area contributed by atoms with Gasteiger partial charge in [0.2, 0.25) is 0 Å². The minimum atomic E-state index is -0.889. The Kier molecular flexibility index (Phi) is 4.29. The highest BCUT2D eigenvalue weighted by Crippen LogP contribution is 2.38. The molecule has 2 aliphatic rings. The minimum absolute atomic E-state index is 0.0249. The maximum atomic E-state index is 12.3. The lowest BCUT2D eigenvalue weighted by atomic mass is 10.00. The molecule has 3 atom stereocenters. The number of aliphatic hydroxyl groups is 1. The summed E-state index contributed by atoms with van der Waals surface area (Å²) in [4.78, 5) is 26.2. The molecule has 0 radical (unpaired) electrons. The maximum Gasteiger partial charge on any atom is 0.320 e. The van der Waals surface area contributed by atoms with Crippen LogP contribution < -0.4 is 0 Å². The molecule has 6 nitrogen and oxygen atoms in total. The average molecular weight is 270 g/mol. The van der Waals surface area contributed by atoms with E-state index in [2.05, 4.69) is 0 Å². The van der Waals surface area contributed by atoms with E-state index >= 15 is 0 Å². The van der Waals surface area contributed by atoms with Crippen LogP contribution in [-0.2, 0) is 4.79 Å². The zero-order valence-electron chi connectivity index (χ0n) is 11.3. The SMILES string of the molecule is CCN(CCC(=O)O)C(=O)N1CC2CCC(O)C2C1. The molecular weight excluding hydrogens is 248 g/mol. The molecule has 6 heteroatoms. The van der Waals surface area contributed by atoms with E-state index < -0.39 is 5.97 Å². The number of fused-ring (bicyclic) bond motifs is 1. The second-order valence-corrected chi connectivity index (χ2v) is 5.48. The third-order valence-electron chi connectivity index (χ3n) is 4.34. The molecule has 0 aromatic heterocycles. The summed E-state index contributed by atoms with van der Waals surface area (Å²) < 4.78 is 0. The number of nitrogens with zero attached hydrogens (tertiary/aromatic N) is 2. The highest BCUT2D eigenvalue weighted by Gasteiger charge is 2.43. The molecule has 0 aromatic carbocycles. The number of hydrogen-bond acceptors (Lipinski definition) is 3. The molecule has 108 valence electrons. The Hall–Kier alpha value is -1.30. The fourth-order valence-corrected chi connectivity index (χ4v) is 3.21. The Labute approximate surface area is 113 Å². The summed E-state index contributed by atoms with van der Waals surface area (Å²) >= 11 is 0. The number of carboxylic acids is 1. The molecule has 19 heavy (non-hydrogen) atoms. The topological polar surface area (TPSA) is 81.1 Å². The number of carbonyl (C=O) groups excluding carboxylic acids is 1. The smallest absolute Gasteiger partial charge is 0.320 e. The van der Waals surface area contributed by atoms with Crippen LogP contribution in [0.1, 0.15) is 26.2 Å². The van der Waals surface area contributed by atoms with E-state index in [0.717, 1.165) is 12.8 Å². The van der Waals surface area contributed by atoms with Gasteiger partial charge in [-0.05, 0) is 25.7 Å². The zero-order chi connectivity index (χ0) is 14.0. The van der Waals surface area contributed by atoms with Crippen LogP contribution in [0.3, 0.4) is 0 Å². The van der Waals surface area contributed by atoms with E-state index in [0.29, 0.717) is 25.6 Å². The average Bonchev–Trinajstić information content (AvgIpc) is 2.92. The number of aliphatic hydroxyl groups excluding tert-OH is 1. The summed E-state index contributed by atoms with van der Waals surface area (Å²) in [5, 5.41) is 18.5. The van der Waals surface area contributed by atoms with Crippen molar-refractivity contribution in [3.05, 3.63) is 0 Å². The highest BCUT2D eigenvalue weighted by atomic mass is 16.4. The van der Waals surface area contributed by atoms with Crippen LogP contribution in [0.2, 0.25) is 0 Å². The fourth-order valence-electron chi connectivity index (χ4n) is 3.21. The van der Waals surface area contributed by atoms with E-state index in [9.17, 15) is 14.7 Å². The number of likely N-dealkylation sites (tertiary alicyclic amines) is 1. The lowest BCUT2D eigenvalue weighted by Gasteiger charge is -2.27. The van der Waals surface area contributed by atoms with E-state index in [-0.39, 0.29) is 31.0 Å². The molecule has 2 rings (SSSR count). The summed E-state index contributed by atoms with van der Waals surface area (Å²) in [7, 11) is 0. The van der Waals surface area contributed by atoms with Gasteiger partial charge in [0.15, 0.2) is 0 Å². The van der Waals surface area contributed by atoms with Crippen molar-refractivity contribution in [1.82, 2.24) is 9.80 Å². The normalized spacial score (nSPS) is 29.4. The Morgan fingerprint density at radius 2 is 2.05 bits per heavy atom. The van der Waals surface area contributed by atoms with Gasteiger partial charge in [0, 0.05) is 32.1 Å². The monoisotopic (exact) mass is 270 g/mol. The number of urea groups is 1. The van der Waals surface area contributed by atoms with Gasteiger partial charge in [-0.15, -0.1) is 0 Å². The second-order valence-electron chi connectivity index (χ2n) is 5.48. The van der Waals surface area contributed by atoms with Crippen molar-refractivity contribution in [2.24, 2.45) is 11.8 Å². The quantitative estimate of drug-likeness (QED) is 0.784. The molecule has 1 aliphatic heterocycles. The lowest BCUT2D eigenvalue weighted by Crippen LogP contribution is -2.43. The molecule has 2 fully saturated rings. The number of aliphatic carboxylic acids is 1. The number of carbonyl (C=O) groups is 2. The number of rotatable bonds is 4. The van der Waals surface area contributed by atoms with Crippen LogP contribution >= 0.6 is 0 Å². The van der Waals surface area contributed by atoms with E-state index in [4.69, 9.17) is 5.11 Å². The van der Waals surface area contributed by atoms with Crippen molar-refractivity contribution in [2.75, 3.05) is 26.2 Å². The third-order valence-corrected chi connectivity index (χ3v) is 4.34. The molecule has 2 amide bonds. The predicted molar refractivity (Wildman–Crippen MR) is 68.7 cm³/mol. The first-order valence-corrected chi connectivity index (χ1v) is 6.96. The van der Waals surface area contributed by atoms with Crippen LogP contribution in [0.4, 0.5) is 4.79 Å². The van der Waals surface area contributed by atoms with E-state index in [1.807, 2.05) is 6.92 Å². The van der Waals surface area contributed by atoms with Gasteiger partial charge in [0.05, 0.1) is 12.5 Å². The number of carboxylic acid groups (broad SMARTS) is 1. The van der Waals surface area contributed by atoms with Crippen LogP contribution in [0.5, 0.6) is 0 Å². The van der Waals surface area contributed by atoms with Gasteiger partial charge in [-0.1, -0.05) is 0 Å². The van der Waals surface area contributed by atoms with Gasteiger partial charge >= 0.3 is 12.0 Å². The fraction of sp³-hybridized carbons (Fsp3) is 0.846. The van der Waals surface area contributed by atoms with Crippen LogP contribution in [-0.4, -0.2) is 64.3 Å². The van der Waals surface area contributed by atoms with Crippen molar-refractivity contribution in [3.8, 4) is 0 Å². The molecule has 1 saturated carbocycles. The number of hydrogen-bond donors (Lipinski definition) is 2. The largest absolute Gasteiger partial charge is 0.481 e. The molecule has 0 spiro atoms. The number of amides is 2. The standard InChI is InChI=1S/C13H22N2O4/c1-2-14(6-5-12(17)18)13(19)15-7-9-3-4-11(16)10(9)8-15/h9-11,16H,2-8H2,1H3,(H,17,18). The summed E-state index contributed by atoms with van der Waals surface area (Å²) in [5.41, 5.74) is 0. The molecule has 1 heterocycles. The zero-order valence-corrected chi connectivity index (χ0v) is 11.3. The first-order chi connectivity index (χ1) is 9.02. The predicted octanol–water partition coefficient (Wildman–Crippen LogP) is 0.606. The summed E-state index contributed by atoms with van der Waals surface area (Å²) in [6.07, 6.45) is 1.52. The van der Waals surface area contributed by atoms with Gasteiger partial charge in [0.1, 0.15) is 0 Å². The maximum absolute atomic E-state index is 12.3. The summed E-state index contributed by atoms with van der Waals surface area (Å²) in [5.74, 6) is -0.265. The highest BCUT2D eigenvalue weighted by molar-refractivity contribution is 5.76. The molecule has 3 unspecified atom stereocenters. The van der Waals surface area contributed by atoms with Crippen molar-refractivity contribution in [2.45, 2.75) is 32.3 Å². The molecule has 1 saturated heterocycles. The van der Waals surface area contributed by atoms with Gasteiger partial charge in [-0.3, -0.25) is 4.79 Å². The molecule has 0 aromatic rings. The Morgan fingerprint density at radius 1 is 1.32 bits per heavy atom. The molecule has 2 N–H and O–H groups in total. The lowest BCUT2D eigenvalue weighted by molar-refractivity contribution is -0.137. The Balaban J connectivity index is 1.90. The molecule has 0 bridgehead atoms. The summed E-state index contributed by atoms with van der Waals surface area (Å²) in [6, 6.07) is -0.0923. The van der Waals surface area contributed by atoms with Crippen LogP contribution in [0, 0.1) is 11.8 Å². The third kappa shape index (κ3) is 3.00.